The molecule has 1 saturated heterocycles. The second-order valence-corrected chi connectivity index (χ2v) is 10.3. The number of carboxylic acids is 1. The summed E-state index contributed by atoms with van der Waals surface area (Å²) < 4.78 is 17.8. The number of carbonyl (C=O) groups is 1. The predicted molar refractivity (Wildman–Crippen MR) is 137 cm³/mol. The lowest BCUT2D eigenvalue weighted by molar-refractivity contribution is -0.143. The molecule has 2 fully saturated rings. The van der Waals surface area contributed by atoms with E-state index in [2.05, 4.69) is 6.07 Å². The summed E-state index contributed by atoms with van der Waals surface area (Å²) in [7, 11) is 1.75. The molecule has 2 aliphatic carbocycles. The molecule has 2 heterocycles. The lowest BCUT2D eigenvalue weighted by Gasteiger charge is -2.26. The van der Waals surface area contributed by atoms with Crippen molar-refractivity contribution in [2.75, 3.05) is 26.8 Å². The van der Waals surface area contributed by atoms with Crippen LogP contribution in [0.15, 0.2) is 30.3 Å². The number of rotatable bonds is 12. The first-order chi connectivity index (χ1) is 17.6. The van der Waals surface area contributed by atoms with Gasteiger partial charge in [-0.05, 0) is 70.3 Å². The molecule has 194 valence electrons. The van der Waals surface area contributed by atoms with Crippen LogP contribution in [0.25, 0.3) is 0 Å². The number of carboxylic acid groups (broad SMARTS) is 1. The van der Waals surface area contributed by atoms with Crippen molar-refractivity contribution in [3.05, 3.63) is 52.8 Å². The van der Waals surface area contributed by atoms with Crippen molar-refractivity contribution in [3.63, 3.8) is 0 Å². The van der Waals surface area contributed by atoms with E-state index in [0.717, 1.165) is 68.4 Å². The van der Waals surface area contributed by atoms with E-state index in [1.807, 2.05) is 29.2 Å². The molecule has 0 spiro atoms. The van der Waals surface area contributed by atoms with Crippen LogP contribution in [-0.2, 0) is 28.8 Å². The van der Waals surface area contributed by atoms with E-state index in [1.165, 1.54) is 24.1 Å². The van der Waals surface area contributed by atoms with E-state index in [0.29, 0.717) is 25.4 Å². The van der Waals surface area contributed by atoms with E-state index >= 15 is 0 Å². The van der Waals surface area contributed by atoms with Crippen molar-refractivity contribution in [1.29, 1.82) is 0 Å². The van der Waals surface area contributed by atoms with Crippen LogP contribution in [0.1, 0.15) is 73.5 Å². The Balaban J connectivity index is 1.10. The predicted octanol–water partition coefficient (Wildman–Crippen LogP) is 4.75. The first-order valence-electron chi connectivity index (χ1n) is 13.5. The molecule has 7 nitrogen and oxygen atoms in total. The van der Waals surface area contributed by atoms with E-state index in [1.54, 1.807) is 7.11 Å². The lowest BCUT2D eigenvalue weighted by Crippen LogP contribution is -2.33. The van der Waals surface area contributed by atoms with Crippen LogP contribution in [-0.4, -0.2) is 60.0 Å². The quantitative estimate of drug-likeness (QED) is 0.427. The monoisotopic (exact) mass is 494 g/mol. The Morgan fingerprint density at radius 3 is 2.75 bits per heavy atom. The molecule has 3 aliphatic rings. The minimum atomic E-state index is -0.838. The lowest BCUT2D eigenvalue weighted by atomic mass is 9.94. The van der Waals surface area contributed by atoms with Gasteiger partial charge in [-0.25, -0.2) is 0 Å². The van der Waals surface area contributed by atoms with Crippen LogP contribution in [0.4, 0.5) is 0 Å². The maximum absolute atomic E-state index is 12.3. The van der Waals surface area contributed by atoms with Crippen molar-refractivity contribution in [2.24, 2.45) is 0 Å². The minimum Gasteiger partial charge on any atom is -0.496 e. The zero-order valence-electron chi connectivity index (χ0n) is 21.3. The van der Waals surface area contributed by atoms with Gasteiger partial charge in [0.25, 0.3) is 0 Å². The smallest absolute Gasteiger partial charge is 0.325 e. The fourth-order valence-corrected chi connectivity index (χ4v) is 5.48. The number of unbranched alkanes of at least 4 members (excludes halogenated alkanes) is 1. The summed E-state index contributed by atoms with van der Waals surface area (Å²) in [4.78, 5) is 19.2. The Kier molecular flexibility index (Phi) is 8.07. The average Bonchev–Trinajstić information content (AvgIpc) is 3.59. The van der Waals surface area contributed by atoms with Crippen LogP contribution in [0, 0.1) is 0 Å². The number of aromatic nitrogens is 1. The third kappa shape index (κ3) is 6.01. The van der Waals surface area contributed by atoms with Gasteiger partial charge in [0.15, 0.2) is 0 Å². The zero-order chi connectivity index (χ0) is 24.9. The molecule has 1 saturated carbocycles. The Morgan fingerprint density at radius 1 is 1.11 bits per heavy atom. The molecule has 0 radical (unpaired) electrons. The molecule has 2 aromatic rings. The molecule has 0 bridgehead atoms. The van der Waals surface area contributed by atoms with Crippen molar-refractivity contribution in [2.45, 2.75) is 82.5 Å². The van der Waals surface area contributed by atoms with Gasteiger partial charge in [0.1, 0.15) is 17.5 Å². The largest absolute Gasteiger partial charge is 0.496 e. The molecule has 0 amide bonds. The molecule has 1 N–H and O–H groups in total. The number of pyridine rings is 1. The van der Waals surface area contributed by atoms with Gasteiger partial charge in [0, 0.05) is 48.3 Å². The number of aliphatic carboxylic acids is 1. The summed E-state index contributed by atoms with van der Waals surface area (Å²) in [5, 5.41) is 10.1. The number of hydrogen-bond donors (Lipinski definition) is 1. The van der Waals surface area contributed by atoms with Gasteiger partial charge in [-0.2, -0.15) is 0 Å². The normalized spacial score (nSPS) is 20.6. The van der Waals surface area contributed by atoms with Gasteiger partial charge in [0.05, 0.1) is 19.3 Å². The maximum atomic E-state index is 12.3. The third-order valence-corrected chi connectivity index (χ3v) is 7.52. The molecule has 1 unspecified atom stereocenters. The molecular weight excluding hydrogens is 456 g/mol. The highest BCUT2D eigenvalue weighted by atomic mass is 16.5. The highest BCUT2D eigenvalue weighted by Crippen LogP contribution is 2.36. The van der Waals surface area contributed by atoms with Gasteiger partial charge in [0.2, 0.25) is 0 Å². The second-order valence-electron chi connectivity index (χ2n) is 10.3. The first-order valence-corrected chi connectivity index (χ1v) is 13.5. The first kappa shape index (κ1) is 25.0. The van der Waals surface area contributed by atoms with Crippen molar-refractivity contribution in [1.82, 2.24) is 9.88 Å². The number of likely N-dealkylation sites (tertiary alicyclic amines) is 1. The number of ether oxygens (including phenoxy) is 3. The van der Waals surface area contributed by atoms with E-state index in [-0.39, 0.29) is 12.2 Å². The fourth-order valence-electron chi connectivity index (χ4n) is 5.48. The Hall–Kier alpha value is -2.64. The van der Waals surface area contributed by atoms with E-state index in [9.17, 15) is 9.90 Å². The Morgan fingerprint density at radius 2 is 1.94 bits per heavy atom. The molecule has 1 aromatic heterocycles. The number of aryl methyl sites for hydroxylation is 2. The highest BCUT2D eigenvalue weighted by molar-refractivity contribution is 5.76. The molecule has 7 heteroatoms. The van der Waals surface area contributed by atoms with Crippen molar-refractivity contribution >= 4 is 5.97 Å². The van der Waals surface area contributed by atoms with Crippen LogP contribution < -0.4 is 9.47 Å². The number of nitrogens with zero attached hydrogens (tertiary/aromatic N) is 2. The molecule has 36 heavy (non-hydrogen) atoms. The summed E-state index contributed by atoms with van der Waals surface area (Å²) >= 11 is 0. The number of hydrogen-bond acceptors (Lipinski definition) is 6. The topological polar surface area (TPSA) is 81.1 Å². The molecule has 5 rings (SSSR count). The maximum Gasteiger partial charge on any atom is 0.325 e. The SMILES string of the molecule is COc1cc(CCCCO[C@@H]2CCN(C(C(=O)O)c3ccccc3OC3CC3)C2)nc2c1CCCC2. The highest BCUT2D eigenvalue weighted by Gasteiger charge is 2.36. The molecule has 2 atom stereocenters. The standard InChI is InChI=1S/C29H38N2O5/c1-34-27-18-20(30-25-11-4-2-9-23(25)27)8-6-7-17-35-22-15-16-31(19-22)28(29(32)33)24-10-3-5-12-26(24)36-21-13-14-21/h3,5,10,12,18,21-22,28H,2,4,6-9,11,13-17,19H2,1H3,(H,32,33)/t22-,28?/m1/s1. The Labute approximate surface area is 213 Å². The second kappa shape index (κ2) is 11.6. The van der Waals surface area contributed by atoms with Crippen LogP contribution >= 0.6 is 0 Å². The zero-order valence-corrected chi connectivity index (χ0v) is 21.3. The summed E-state index contributed by atoms with van der Waals surface area (Å²) in [6.07, 6.45) is 10.7. The number of fused-ring (bicyclic) bond motifs is 1. The number of para-hydroxylation sites is 1. The summed E-state index contributed by atoms with van der Waals surface area (Å²) in [6.45, 7) is 2.01. The van der Waals surface area contributed by atoms with Crippen LogP contribution in [0.2, 0.25) is 0 Å². The van der Waals surface area contributed by atoms with Crippen molar-refractivity contribution in [3.8, 4) is 11.5 Å². The summed E-state index contributed by atoms with van der Waals surface area (Å²) in [5.74, 6) is 0.855. The Bertz CT molecular complexity index is 1040. The molecule has 1 aliphatic heterocycles. The summed E-state index contributed by atoms with van der Waals surface area (Å²) in [5.41, 5.74) is 4.36. The van der Waals surface area contributed by atoms with Crippen LogP contribution in [0.5, 0.6) is 11.5 Å². The van der Waals surface area contributed by atoms with Crippen molar-refractivity contribution < 1.29 is 24.1 Å². The van der Waals surface area contributed by atoms with Gasteiger partial charge in [-0.1, -0.05) is 18.2 Å². The van der Waals surface area contributed by atoms with E-state index in [4.69, 9.17) is 19.2 Å². The van der Waals surface area contributed by atoms with Gasteiger partial charge in [-0.3, -0.25) is 14.7 Å². The minimum absolute atomic E-state index is 0.0605. The molecular formula is C29H38N2O5. The third-order valence-electron chi connectivity index (χ3n) is 7.52. The fraction of sp³-hybridized carbons (Fsp3) is 0.586. The average molecular weight is 495 g/mol. The number of benzene rings is 1. The number of methoxy groups -OCH3 is 1. The van der Waals surface area contributed by atoms with Gasteiger partial charge < -0.3 is 19.3 Å². The van der Waals surface area contributed by atoms with E-state index < -0.39 is 12.0 Å². The summed E-state index contributed by atoms with van der Waals surface area (Å²) in [6, 6.07) is 8.97. The van der Waals surface area contributed by atoms with Crippen LogP contribution in [0.3, 0.4) is 0 Å². The van der Waals surface area contributed by atoms with Gasteiger partial charge in [-0.15, -0.1) is 0 Å². The molecule has 1 aromatic carbocycles. The van der Waals surface area contributed by atoms with Gasteiger partial charge >= 0.3 is 5.97 Å².